The lowest BCUT2D eigenvalue weighted by molar-refractivity contribution is -0.145. The van der Waals surface area contributed by atoms with Crippen molar-refractivity contribution in [2.75, 3.05) is 6.61 Å². The molecule has 2 atom stereocenters. The van der Waals surface area contributed by atoms with Gasteiger partial charge in [0.05, 0.1) is 13.2 Å². The van der Waals surface area contributed by atoms with Crippen molar-refractivity contribution >= 4 is 14.5 Å². The molecule has 0 radical (unpaired) electrons. The Balaban J connectivity index is 2.12. The third-order valence-corrected chi connectivity index (χ3v) is 9.48. The van der Waals surface area contributed by atoms with Crippen LogP contribution in [0.4, 0.5) is 0 Å². The molecule has 0 aromatic heterocycles. The Morgan fingerprint density at radius 1 is 1.28 bits per heavy atom. The van der Waals surface area contributed by atoms with Gasteiger partial charge >= 0.3 is 0 Å². The van der Waals surface area contributed by atoms with Crippen LogP contribution in [-0.2, 0) is 20.4 Å². The summed E-state index contributed by atoms with van der Waals surface area (Å²) in [7, 11) is -1.94. The SMILES string of the molecule is CC1(C)OC[C@@H]([C@H](C=NCc2ccccc2)O[Si](C)(C)C(C)(C)C)O1. The molecule has 1 saturated heterocycles. The third kappa shape index (κ3) is 5.74. The van der Waals surface area contributed by atoms with Gasteiger partial charge < -0.3 is 13.9 Å². The number of ether oxygens (including phenoxy) is 2. The Morgan fingerprint density at radius 2 is 1.92 bits per heavy atom. The zero-order valence-electron chi connectivity index (χ0n) is 16.7. The van der Waals surface area contributed by atoms with E-state index in [9.17, 15) is 0 Å². The lowest BCUT2D eigenvalue weighted by Gasteiger charge is -2.39. The molecule has 0 unspecified atom stereocenters. The van der Waals surface area contributed by atoms with Gasteiger partial charge in [-0.1, -0.05) is 51.1 Å². The maximum absolute atomic E-state index is 6.60. The summed E-state index contributed by atoms with van der Waals surface area (Å²) in [5.74, 6) is -0.563. The fraction of sp³-hybridized carbons (Fsp3) is 0.650. The molecule has 0 bridgehead atoms. The van der Waals surface area contributed by atoms with Crippen LogP contribution in [-0.4, -0.2) is 39.1 Å². The highest BCUT2D eigenvalue weighted by Crippen LogP contribution is 2.38. The molecule has 0 N–H and O–H groups in total. The first kappa shape index (κ1) is 20.3. The Morgan fingerprint density at radius 3 is 2.44 bits per heavy atom. The first-order valence-electron chi connectivity index (χ1n) is 9.04. The molecule has 1 heterocycles. The Hall–Kier alpha value is -1.01. The number of hydrogen-bond acceptors (Lipinski definition) is 4. The minimum absolute atomic E-state index is 0.122. The normalized spacial score (nSPS) is 22.4. The molecular formula is C20H33NO3Si. The smallest absolute Gasteiger partial charge is 0.193 e. The second-order valence-electron chi connectivity index (χ2n) is 8.69. The van der Waals surface area contributed by atoms with Crippen LogP contribution >= 0.6 is 0 Å². The van der Waals surface area contributed by atoms with E-state index in [2.05, 4.69) is 51.0 Å². The molecule has 4 nitrogen and oxygen atoms in total. The fourth-order valence-electron chi connectivity index (χ4n) is 2.44. The van der Waals surface area contributed by atoms with Gasteiger partial charge in [0.25, 0.3) is 0 Å². The van der Waals surface area contributed by atoms with Crippen molar-refractivity contribution in [3.8, 4) is 0 Å². The van der Waals surface area contributed by atoms with Crippen LogP contribution in [0.3, 0.4) is 0 Å². The van der Waals surface area contributed by atoms with E-state index >= 15 is 0 Å². The molecule has 140 valence electrons. The van der Waals surface area contributed by atoms with Crippen LogP contribution < -0.4 is 0 Å². The molecule has 0 saturated carbocycles. The van der Waals surface area contributed by atoms with Crippen LogP contribution in [0.15, 0.2) is 35.3 Å². The van der Waals surface area contributed by atoms with E-state index in [1.165, 1.54) is 5.56 Å². The number of hydrogen-bond donors (Lipinski definition) is 0. The van der Waals surface area contributed by atoms with Crippen LogP contribution in [0.25, 0.3) is 0 Å². The summed E-state index contributed by atoms with van der Waals surface area (Å²) in [6, 6.07) is 10.2. The van der Waals surface area contributed by atoms with Gasteiger partial charge in [0.15, 0.2) is 14.1 Å². The molecule has 1 aromatic carbocycles. The second kappa shape index (κ2) is 7.70. The van der Waals surface area contributed by atoms with E-state index in [1.807, 2.05) is 38.3 Å². The van der Waals surface area contributed by atoms with Gasteiger partial charge in [-0.25, -0.2) is 0 Å². The van der Waals surface area contributed by atoms with E-state index in [0.29, 0.717) is 13.2 Å². The lowest BCUT2D eigenvalue weighted by Crippen LogP contribution is -2.48. The molecule has 5 heteroatoms. The monoisotopic (exact) mass is 363 g/mol. The maximum Gasteiger partial charge on any atom is 0.193 e. The van der Waals surface area contributed by atoms with Crippen molar-refractivity contribution in [3.05, 3.63) is 35.9 Å². The highest BCUT2D eigenvalue weighted by atomic mass is 28.4. The van der Waals surface area contributed by atoms with Crippen LogP contribution in [0.1, 0.15) is 40.2 Å². The standard InChI is InChI=1S/C20H33NO3Si/c1-19(2,3)25(6,7)24-17(18-15-22-20(4,5)23-18)14-21-13-16-11-9-8-10-12-16/h8-12,14,17-18H,13,15H2,1-7H3/t17-,18-/m0/s1. The second-order valence-corrected chi connectivity index (χ2v) is 13.4. The highest BCUT2D eigenvalue weighted by Gasteiger charge is 2.44. The first-order valence-corrected chi connectivity index (χ1v) is 11.9. The van der Waals surface area contributed by atoms with E-state index in [0.717, 1.165) is 0 Å². The predicted octanol–water partition coefficient (Wildman–Crippen LogP) is 4.80. The van der Waals surface area contributed by atoms with Crippen molar-refractivity contribution in [2.24, 2.45) is 4.99 Å². The number of nitrogens with zero attached hydrogens (tertiary/aromatic N) is 1. The van der Waals surface area contributed by atoms with E-state index < -0.39 is 14.1 Å². The highest BCUT2D eigenvalue weighted by molar-refractivity contribution is 6.74. The summed E-state index contributed by atoms with van der Waals surface area (Å²) in [6.45, 7) is 16.3. The third-order valence-electron chi connectivity index (χ3n) is 5.00. The largest absolute Gasteiger partial charge is 0.406 e. The van der Waals surface area contributed by atoms with Gasteiger partial charge in [-0.15, -0.1) is 0 Å². The molecule has 1 fully saturated rings. The number of benzene rings is 1. The average molecular weight is 364 g/mol. The van der Waals surface area contributed by atoms with Gasteiger partial charge in [0.1, 0.15) is 12.2 Å². The first-order chi connectivity index (χ1) is 11.5. The molecular weight excluding hydrogens is 330 g/mol. The van der Waals surface area contributed by atoms with Crippen molar-refractivity contribution < 1.29 is 13.9 Å². The Labute approximate surface area is 153 Å². The van der Waals surface area contributed by atoms with Crippen molar-refractivity contribution in [1.29, 1.82) is 0 Å². The van der Waals surface area contributed by atoms with Crippen molar-refractivity contribution in [1.82, 2.24) is 0 Å². The molecule has 0 aliphatic carbocycles. The number of aliphatic imine (C=N–C) groups is 1. The maximum atomic E-state index is 6.60. The lowest BCUT2D eigenvalue weighted by atomic mass is 10.2. The molecule has 1 aliphatic rings. The van der Waals surface area contributed by atoms with Crippen LogP contribution in [0.2, 0.25) is 18.1 Å². The van der Waals surface area contributed by atoms with Gasteiger partial charge in [-0.2, -0.15) is 0 Å². The van der Waals surface area contributed by atoms with Crippen LogP contribution in [0.5, 0.6) is 0 Å². The minimum Gasteiger partial charge on any atom is -0.406 e. The minimum atomic E-state index is -1.94. The molecule has 1 aliphatic heterocycles. The Kier molecular flexibility index (Phi) is 6.25. The summed E-state index contributed by atoms with van der Waals surface area (Å²) in [4.78, 5) is 4.64. The summed E-state index contributed by atoms with van der Waals surface area (Å²) in [5.41, 5.74) is 1.19. The van der Waals surface area contributed by atoms with E-state index in [4.69, 9.17) is 13.9 Å². The van der Waals surface area contributed by atoms with Gasteiger partial charge in [0, 0.05) is 6.21 Å². The average Bonchev–Trinajstić information content (AvgIpc) is 2.86. The summed E-state index contributed by atoms with van der Waals surface area (Å²) in [6.07, 6.45) is 1.61. The summed E-state index contributed by atoms with van der Waals surface area (Å²) >= 11 is 0. The van der Waals surface area contributed by atoms with Gasteiger partial charge in [-0.05, 0) is 37.5 Å². The zero-order valence-corrected chi connectivity index (χ0v) is 17.7. The van der Waals surface area contributed by atoms with Gasteiger partial charge in [-0.3, -0.25) is 4.99 Å². The fourth-order valence-corrected chi connectivity index (χ4v) is 3.69. The molecule has 1 aromatic rings. The molecule has 0 amide bonds. The molecule has 0 spiro atoms. The summed E-state index contributed by atoms with van der Waals surface area (Å²) < 4.78 is 18.4. The van der Waals surface area contributed by atoms with E-state index in [-0.39, 0.29) is 17.2 Å². The molecule has 25 heavy (non-hydrogen) atoms. The van der Waals surface area contributed by atoms with Gasteiger partial charge in [0.2, 0.25) is 0 Å². The predicted molar refractivity (Wildman–Crippen MR) is 106 cm³/mol. The molecule has 2 rings (SSSR count). The Bertz CT molecular complexity index is 578. The van der Waals surface area contributed by atoms with E-state index in [1.54, 1.807) is 0 Å². The number of rotatable bonds is 6. The van der Waals surface area contributed by atoms with Crippen molar-refractivity contribution in [2.45, 2.75) is 77.3 Å². The van der Waals surface area contributed by atoms with Crippen LogP contribution in [0, 0.1) is 0 Å². The summed E-state index contributed by atoms with van der Waals surface area (Å²) in [5, 5.41) is 0.132. The zero-order chi connectivity index (χ0) is 18.7. The van der Waals surface area contributed by atoms with Crippen molar-refractivity contribution in [3.63, 3.8) is 0 Å². The topological polar surface area (TPSA) is 40.0 Å². The quantitative estimate of drug-likeness (QED) is 0.538.